The molecule has 0 N–H and O–H groups in total. The summed E-state index contributed by atoms with van der Waals surface area (Å²) in [6.45, 7) is 6.41. The number of carbonyl (C=O) groups is 3. The maximum atomic E-state index is 12.9. The molecule has 0 aliphatic carbocycles. The van der Waals surface area contributed by atoms with E-state index in [-0.39, 0.29) is 31.1 Å². The Morgan fingerprint density at radius 2 is 0.481 bits per heavy atom. The second kappa shape index (κ2) is 68.3. The van der Waals surface area contributed by atoms with Crippen molar-refractivity contribution in [2.75, 3.05) is 13.2 Å². The SMILES string of the molecule is CC/C=C\C/C=C\C/C=C\C/C=C\C/C=C\C/C=C\CCCCCCCCCCCCC(=O)OCC(COC(=O)CCCCCCCCCCC)OC(=O)CCCCCCCCCCCCCC/C=C\C/C=C\C/C=C\C/C=C\CC. The van der Waals surface area contributed by atoms with Gasteiger partial charge >= 0.3 is 17.9 Å². The van der Waals surface area contributed by atoms with Crippen LogP contribution in [0, 0.1) is 0 Å². The highest BCUT2D eigenvalue weighted by Crippen LogP contribution is 2.17. The Bertz CT molecular complexity index is 1670. The summed E-state index contributed by atoms with van der Waals surface area (Å²) in [5, 5.41) is 0. The van der Waals surface area contributed by atoms with Crippen LogP contribution >= 0.6 is 0 Å². The predicted octanol–water partition coefficient (Wildman–Crippen LogP) is 23.6. The first-order valence-corrected chi connectivity index (χ1v) is 34.0. The normalized spacial score (nSPS) is 12.9. The third-order valence-corrected chi connectivity index (χ3v) is 14.5. The molecular weight excluding hydrogens is 997 g/mol. The van der Waals surface area contributed by atoms with Crippen molar-refractivity contribution >= 4 is 17.9 Å². The van der Waals surface area contributed by atoms with Gasteiger partial charge in [-0.15, -0.1) is 0 Å². The van der Waals surface area contributed by atoms with Crippen LogP contribution in [0.15, 0.2) is 122 Å². The lowest BCUT2D eigenvalue weighted by molar-refractivity contribution is -0.167. The van der Waals surface area contributed by atoms with Crippen molar-refractivity contribution in [2.45, 2.75) is 322 Å². The largest absolute Gasteiger partial charge is 0.462 e. The van der Waals surface area contributed by atoms with Crippen molar-refractivity contribution in [1.29, 1.82) is 0 Å². The minimum absolute atomic E-state index is 0.0786. The van der Waals surface area contributed by atoms with Gasteiger partial charge in [-0.1, -0.05) is 309 Å². The maximum Gasteiger partial charge on any atom is 0.306 e. The standard InChI is InChI=1S/C75H126O6/c1-4-7-10-13-16-19-21-23-25-27-29-31-33-35-36-37-38-40-41-43-45-47-49-51-53-56-59-62-65-68-74(77)80-71-72(70-79-73(76)67-64-61-58-55-18-15-12-9-6-3)81-75(78)69-66-63-60-57-54-52-50-48-46-44-42-39-34-32-30-28-26-24-22-20-17-14-11-8-5-2/h7-8,10-11,16-17,19-20,23-26,29-32,35-36,38,40,72H,4-6,9,12-15,18,21-22,27-28,33-34,37,39,41-71H2,1-3H3/b10-7-,11-8-,19-16-,20-17-,25-23-,26-24-,31-29-,32-30-,36-35-,40-38-. The first kappa shape index (κ1) is 76.8. The Labute approximate surface area is 501 Å². The number of allylic oxidation sites excluding steroid dienone is 20. The first-order chi connectivity index (χ1) is 40.0. The zero-order valence-corrected chi connectivity index (χ0v) is 53.0. The quantitative estimate of drug-likeness (QED) is 0.0261. The van der Waals surface area contributed by atoms with Gasteiger partial charge in [0.1, 0.15) is 13.2 Å². The lowest BCUT2D eigenvalue weighted by Gasteiger charge is -2.18. The van der Waals surface area contributed by atoms with Crippen LogP contribution in [-0.2, 0) is 28.6 Å². The van der Waals surface area contributed by atoms with Gasteiger partial charge in [0, 0.05) is 19.3 Å². The molecule has 81 heavy (non-hydrogen) atoms. The second-order valence-corrected chi connectivity index (χ2v) is 22.3. The van der Waals surface area contributed by atoms with Crippen molar-refractivity contribution in [3.05, 3.63) is 122 Å². The number of unbranched alkanes of at least 4 members (excludes halogenated alkanes) is 30. The number of hydrogen-bond donors (Lipinski definition) is 0. The molecule has 462 valence electrons. The Morgan fingerprint density at radius 1 is 0.259 bits per heavy atom. The molecule has 1 atom stereocenters. The second-order valence-electron chi connectivity index (χ2n) is 22.3. The maximum absolute atomic E-state index is 12.9. The summed E-state index contributed by atoms with van der Waals surface area (Å²) in [5.74, 6) is -0.879. The molecule has 0 heterocycles. The van der Waals surface area contributed by atoms with Crippen molar-refractivity contribution in [3.63, 3.8) is 0 Å². The number of rotatable bonds is 61. The fraction of sp³-hybridized carbons (Fsp3) is 0.693. The van der Waals surface area contributed by atoms with Crippen LogP contribution < -0.4 is 0 Å². The van der Waals surface area contributed by atoms with E-state index in [1.807, 2.05) is 0 Å². The van der Waals surface area contributed by atoms with Crippen molar-refractivity contribution in [2.24, 2.45) is 0 Å². The van der Waals surface area contributed by atoms with Gasteiger partial charge in [0.2, 0.25) is 0 Å². The molecule has 6 heteroatoms. The fourth-order valence-corrected chi connectivity index (χ4v) is 9.44. The van der Waals surface area contributed by atoms with E-state index in [9.17, 15) is 14.4 Å². The molecule has 0 saturated heterocycles. The molecule has 0 radical (unpaired) electrons. The number of ether oxygens (including phenoxy) is 3. The van der Waals surface area contributed by atoms with E-state index in [1.165, 1.54) is 154 Å². The van der Waals surface area contributed by atoms with Crippen molar-refractivity contribution in [1.82, 2.24) is 0 Å². The van der Waals surface area contributed by atoms with Gasteiger partial charge in [-0.05, 0) is 109 Å². The Hall–Kier alpha value is -4.19. The summed E-state index contributed by atoms with van der Waals surface area (Å²) >= 11 is 0. The van der Waals surface area contributed by atoms with E-state index >= 15 is 0 Å². The molecule has 1 unspecified atom stereocenters. The van der Waals surface area contributed by atoms with Crippen LogP contribution in [0.1, 0.15) is 316 Å². The van der Waals surface area contributed by atoms with E-state index in [0.717, 1.165) is 122 Å². The van der Waals surface area contributed by atoms with Crippen molar-refractivity contribution in [3.8, 4) is 0 Å². The van der Waals surface area contributed by atoms with Gasteiger partial charge < -0.3 is 14.2 Å². The number of esters is 3. The smallest absolute Gasteiger partial charge is 0.306 e. The molecule has 0 aromatic rings. The van der Waals surface area contributed by atoms with Crippen LogP contribution in [0.5, 0.6) is 0 Å². The Kier molecular flexibility index (Phi) is 64.8. The minimum atomic E-state index is -0.782. The predicted molar refractivity (Wildman–Crippen MR) is 353 cm³/mol. The molecule has 0 aromatic heterocycles. The van der Waals surface area contributed by atoms with E-state index < -0.39 is 6.10 Å². The zero-order valence-electron chi connectivity index (χ0n) is 53.0. The first-order valence-electron chi connectivity index (χ1n) is 34.0. The van der Waals surface area contributed by atoms with Crippen LogP contribution in [0.25, 0.3) is 0 Å². The van der Waals surface area contributed by atoms with Crippen molar-refractivity contribution < 1.29 is 28.6 Å². The van der Waals surface area contributed by atoms with Gasteiger partial charge in [0.25, 0.3) is 0 Å². The summed E-state index contributed by atoms with van der Waals surface area (Å²) in [4.78, 5) is 38.3. The molecular formula is C75H126O6. The lowest BCUT2D eigenvalue weighted by Crippen LogP contribution is -2.30. The average Bonchev–Trinajstić information content (AvgIpc) is 3.47. The summed E-state index contributed by atoms with van der Waals surface area (Å²) in [5.41, 5.74) is 0. The highest BCUT2D eigenvalue weighted by atomic mass is 16.6. The van der Waals surface area contributed by atoms with Gasteiger partial charge in [-0.3, -0.25) is 14.4 Å². The topological polar surface area (TPSA) is 78.9 Å². The number of carbonyl (C=O) groups excluding carboxylic acids is 3. The molecule has 0 aliphatic rings. The van der Waals surface area contributed by atoms with Crippen LogP contribution in [0.2, 0.25) is 0 Å². The molecule has 0 rings (SSSR count). The van der Waals surface area contributed by atoms with Gasteiger partial charge in [0.15, 0.2) is 6.10 Å². The Morgan fingerprint density at radius 3 is 0.753 bits per heavy atom. The molecule has 0 saturated carbocycles. The van der Waals surface area contributed by atoms with Crippen LogP contribution in [-0.4, -0.2) is 37.2 Å². The summed E-state index contributed by atoms with van der Waals surface area (Å²) < 4.78 is 16.9. The zero-order chi connectivity index (χ0) is 58.5. The molecule has 0 bridgehead atoms. The highest BCUT2D eigenvalue weighted by Gasteiger charge is 2.19. The van der Waals surface area contributed by atoms with Crippen LogP contribution in [0.4, 0.5) is 0 Å². The third kappa shape index (κ3) is 66.5. The molecule has 0 amide bonds. The molecule has 0 fully saturated rings. The Balaban J connectivity index is 4.20. The summed E-state index contributed by atoms with van der Waals surface area (Å²) in [7, 11) is 0. The average molecular weight is 1120 g/mol. The fourth-order valence-electron chi connectivity index (χ4n) is 9.44. The van der Waals surface area contributed by atoms with Gasteiger partial charge in [0.05, 0.1) is 0 Å². The lowest BCUT2D eigenvalue weighted by atomic mass is 10.0. The number of hydrogen-bond acceptors (Lipinski definition) is 6. The molecule has 0 spiro atoms. The minimum Gasteiger partial charge on any atom is -0.462 e. The molecule has 0 aromatic carbocycles. The molecule has 6 nitrogen and oxygen atoms in total. The van der Waals surface area contributed by atoms with Gasteiger partial charge in [-0.25, -0.2) is 0 Å². The monoisotopic (exact) mass is 1120 g/mol. The van der Waals surface area contributed by atoms with Gasteiger partial charge in [-0.2, -0.15) is 0 Å². The van der Waals surface area contributed by atoms with Crippen LogP contribution in [0.3, 0.4) is 0 Å². The summed E-state index contributed by atoms with van der Waals surface area (Å²) in [6, 6.07) is 0. The van der Waals surface area contributed by atoms with E-state index in [4.69, 9.17) is 14.2 Å². The highest BCUT2D eigenvalue weighted by molar-refractivity contribution is 5.71. The summed E-state index contributed by atoms with van der Waals surface area (Å²) in [6.07, 6.45) is 95.1. The van der Waals surface area contributed by atoms with E-state index in [1.54, 1.807) is 0 Å². The van der Waals surface area contributed by atoms with E-state index in [2.05, 4.69) is 142 Å². The van der Waals surface area contributed by atoms with E-state index in [0.29, 0.717) is 19.3 Å². The third-order valence-electron chi connectivity index (χ3n) is 14.5. The molecule has 0 aliphatic heterocycles.